The Morgan fingerprint density at radius 1 is 0.939 bits per heavy atom. The Labute approximate surface area is 193 Å². The van der Waals surface area contributed by atoms with Crippen molar-refractivity contribution in [2.45, 2.75) is 6.92 Å². The first-order valence-electron chi connectivity index (χ1n) is 10.1. The lowest BCUT2D eigenvalue weighted by molar-refractivity contribution is 0.0996. The number of ether oxygens (including phenoxy) is 2. The second kappa shape index (κ2) is 8.48. The molecule has 1 aliphatic rings. The van der Waals surface area contributed by atoms with Crippen LogP contribution in [0.4, 0.5) is 11.4 Å². The Balaban J connectivity index is 1.33. The molecule has 2 aromatic heterocycles. The topological polar surface area (TPSA) is 103 Å². The molecule has 0 fully saturated rings. The van der Waals surface area contributed by atoms with Gasteiger partial charge < -0.3 is 24.5 Å². The van der Waals surface area contributed by atoms with Gasteiger partial charge in [0.1, 0.15) is 18.8 Å². The predicted octanol–water partition coefficient (Wildman–Crippen LogP) is 5.07. The van der Waals surface area contributed by atoms with E-state index in [1.54, 1.807) is 55.5 Å². The molecule has 33 heavy (non-hydrogen) atoms. The van der Waals surface area contributed by atoms with Gasteiger partial charge in [0.2, 0.25) is 0 Å². The molecule has 8 nitrogen and oxygen atoms in total. The van der Waals surface area contributed by atoms with Crippen LogP contribution in [0.5, 0.6) is 11.5 Å². The zero-order valence-electron chi connectivity index (χ0n) is 17.5. The molecule has 0 saturated heterocycles. The van der Waals surface area contributed by atoms with Gasteiger partial charge in [-0.25, -0.2) is 0 Å². The number of carbonyl (C=O) groups excluding carboxylic acids is 2. The number of halogens is 1. The Bertz CT molecular complexity index is 1400. The van der Waals surface area contributed by atoms with Crippen LogP contribution in [-0.4, -0.2) is 30.0 Å². The Morgan fingerprint density at radius 3 is 2.61 bits per heavy atom. The van der Waals surface area contributed by atoms with Gasteiger partial charge in [-0.2, -0.15) is 0 Å². The number of hydrogen-bond donors (Lipinski definition) is 2. The maximum atomic E-state index is 12.7. The molecule has 2 N–H and O–H groups in total. The third-order valence-electron chi connectivity index (χ3n) is 5.10. The number of carbonyl (C=O) groups is 2. The predicted molar refractivity (Wildman–Crippen MR) is 124 cm³/mol. The average molecular weight is 464 g/mol. The van der Waals surface area contributed by atoms with E-state index in [0.717, 1.165) is 5.39 Å². The van der Waals surface area contributed by atoms with E-state index in [1.165, 1.54) is 6.20 Å². The fourth-order valence-electron chi connectivity index (χ4n) is 3.43. The number of aromatic nitrogens is 1. The van der Waals surface area contributed by atoms with Gasteiger partial charge in [-0.1, -0.05) is 11.6 Å². The van der Waals surface area contributed by atoms with E-state index in [9.17, 15) is 9.59 Å². The molecule has 0 radical (unpaired) electrons. The summed E-state index contributed by atoms with van der Waals surface area (Å²) in [6, 6.07) is 13.3. The molecule has 5 rings (SSSR count). The van der Waals surface area contributed by atoms with Crippen LogP contribution < -0.4 is 20.1 Å². The molecule has 166 valence electrons. The highest BCUT2D eigenvalue weighted by Gasteiger charge is 2.17. The summed E-state index contributed by atoms with van der Waals surface area (Å²) in [6.45, 7) is 2.66. The van der Waals surface area contributed by atoms with Gasteiger partial charge in [-0.15, -0.1) is 0 Å². The second-order valence-corrected chi connectivity index (χ2v) is 7.85. The van der Waals surface area contributed by atoms with Gasteiger partial charge in [0.25, 0.3) is 11.8 Å². The zero-order valence-corrected chi connectivity index (χ0v) is 18.2. The average Bonchev–Trinajstić information content (AvgIpc) is 3.24. The molecule has 0 bridgehead atoms. The summed E-state index contributed by atoms with van der Waals surface area (Å²) < 4.78 is 16.6. The standard InChI is InChI=1S/C24H18ClN3O5/c1-13-18(28-24(30)22-10-15-8-16(25)3-5-19(15)33-22)11-17(12-26-13)27-23(29)14-2-4-20-21(9-14)32-7-6-31-20/h2-5,8-12H,6-7H2,1H3,(H,27,29)(H,28,30). The molecule has 1 aliphatic heterocycles. The first-order valence-corrected chi connectivity index (χ1v) is 10.5. The van der Waals surface area contributed by atoms with Crippen LogP contribution in [-0.2, 0) is 0 Å². The number of hydrogen-bond acceptors (Lipinski definition) is 6. The van der Waals surface area contributed by atoms with E-state index >= 15 is 0 Å². The van der Waals surface area contributed by atoms with Crippen LogP contribution >= 0.6 is 11.6 Å². The zero-order chi connectivity index (χ0) is 22.9. The quantitative estimate of drug-likeness (QED) is 0.438. The summed E-state index contributed by atoms with van der Waals surface area (Å²) in [4.78, 5) is 29.7. The van der Waals surface area contributed by atoms with Crippen LogP contribution in [0, 0.1) is 6.92 Å². The van der Waals surface area contributed by atoms with E-state index in [4.69, 9.17) is 25.5 Å². The van der Waals surface area contributed by atoms with Crippen molar-refractivity contribution in [3.05, 3.63) is 76.8 Å². The molecule has 0 saturated carbocycles. The highest BCUT2D eigenvalue weighted by atomic mass is 35.5. The van der Waals surface area contributed by atoms with Crippen molar-refractivity contribution in [3.63, 3.8) is 0 Å². The van der Waals surface area contributed by atoms with E-state index in [1.807, 2.05) is 0 Å². The normalized spacial score (nSPS) is 12.4. The number of furan rings is 1. The number of rotatable bonds is 4. The minimum Gasteiger partial charge on any atom is -0.486 e. The number of amides is 2. The van der Waals surface area contributed by atoms with Crippen molar-refractivity contribution in [1.29, 1.82) is 0 Å². The Hall–Kier alpha value is -4.04. The van der Waals surface area contributed by atoms with Crippen molar-refractivity contribution < 1.29 is 23.5 Å². The fraction of sp³-hybridized carbons (Fsp3) is 0.125. The van der Waals surface area contributed by atoms with Gasteiger partial charge in [-0.3, -0.25) is 14.6 Å². The number of pyridine rings is 1. The van der Waals surface area contributed by atoms with Gasteiger partial charge >= 0.3 is 0 Å². The highest BCUT2D eigenvalue weighted by molar-refractivity contribution is 6.31. The lowest BCUT2D eigenvalue weighted by Crippen LogP contribution is -2.17. The molecule has 0 unspecified atom stereocenters. The number of benzene rings is 2. The first-order chi connectivity index (χ1) is 16.0. The van der Waals surface area contributed by atoms with E-state index in [2.05, 4.69) is 15.6 Å². The third kappa shape index (κ3) is 4.33. The smallest absolute Gasteiger partial charge is 0.291 e. The van der Waals surface area contributed by atoms with E-state index < -0.39 is 5.91 Å². The Kier molecular flexibility index (Phi) is 5.35. The second-order valence-electron chi connectivity index (χ2n) is 7.42. The summed E-state index contributed by atoms with van der Waals surface area (Å²) in [5.41, 5.74) is 2.41. The lowest BCUT2D eigenvalue weighted by Gasteiger charge is -2.18. The molecule has 0 atom stereocenters. The summed E-state index contributed by atoms with van der Waals surface area (Å²) in [5, 5.41) is 6.84. The number of aryl methyl sites for hydroxylation is 1. The Morgan fingerprint density at radius 2 is 1.76 bits per heavy atom. The summed E-state index contributed by atoms with van der Waals surface area (Å²) in [7, 11) is 0. The van der Waals surface area contributed by atoms with Crippen molar-refractivity contribution in [2.24, 2.45) is 0 Å². The maximum absolute atomic E-state index is 12.7. The molecule has 4 aromatic rings. The monoisotopic (exact) mass is 463 g/mol. The highest BCUT2D eigenvalue weighted by Crippen LogP contribution is 2.31. The van der Waals surface area contributed by atoms with Crippen molar-refractivity contribution in [3.8, 4) is 11.5 Å². The summed E-state index contributed by atoms with van der Waals surface area (Å²) in [5.74, 6) is 0.479. The molecule has 2 amide bonds. The van der Waals surface area contributed by atoms with E-state index in [-0.39, 0.29) is 11.7 Å². The van der Waals surface area contributed by atoms with Crippen LogP contribution in [0.2, 0.25) is 5.02 Å². The van der Waals surface area contributed by atoms with Gasteiger partial charge in [0.05, 0.1) is 23.3 Å². The van der Waals surface area contributed by atoms with Gasteiger partial charge in [0, 0.05) is 16.0 Å². The molecule has 3 heterocycles. The van der Waals surface area contributed by atoms with E-state index in [0.29, 0.717) is 58.0 Å². The maximum Gasteiger partial charge on any atom is 0.291 e. The number of anilines is 2. The van der Waals surface area contributed by atoms with Crippen LogP contribution in [0.3, 0.4) is 0 Å². The van der Waals surface area contributed by atoms with Crippen LogP contribution in [0.15, 0.2) is 59.1 Å². The van der Waals surface area contributed by atoms with Crippen molar-refractivity contribution in [2.75, 3.05) is 23.8 Å². The molecule has 9 heteroatoms. The van der Waals surface area contributed by atoms with Crippen molar-refractivity contribution in [1.82, 2.24) is 4.98 Å². The molecule has 0 aliphatic carbocycles. The minimum atomic E-state index is -0.442. The van der Waals surface area contributed by atoms with Gasteiger partial charge in [0.15, 0.2) is 17.3 Å². The number of fused-ring (bicyclic) bond motifs is 2. The first kappa shape index (κ1) is 20.8. The molecule has 2 aromatic carbocycles. The van der Waals surface area contributed by atoms with Crippen molar-refractivity contribution >= 4 is 45.8 Å². The minimum absolute atomic E-state index is 0.136. The molecule has 0 spiro atoms. The van der Waals surface area contributed by atoms with Crippen LogP contribution in [0.1, 0.15) is 26.6 Å². The number of nitrogens with one attached hydrogen (secondary N) is 2. The lowest BCUT2D eigenvalue weighted by atomic mass is 10.1. The number of nitrogens with zero attached hydrogens (tertiary/aromatic N) is 1. The third-order valence-corrected chi connectivity index (χ3v) is 5.33. The van der Waals surface area contributed by atoms with Crippen LogP contribution in [0.25, 0.3) is 11.0 Å². The summed E-state index contributed by atoms with van der Waals surface area (Å²) in [6.07, 6.45) is 1.52. The summed E-state index contributed by atoms with van der Waals surface area (Å²) >= 11 is 6.00. The molecular formula is C24H18ClN3O5. The van der Waals surface area contributed by atoms with Gasteiger partial charge in [-0.05, 0) is 55.5 Å². The largest absolute Gasteiger partial charge is 0.486 e. The molecular weight excluding hydrogens is 446 g/mol. The SMILES string of the molecule is Cc1ncc(NC(=O)c2ccc3c(c2)OCCO3)cc1NC(=O)c1cc2cc(Cl)ccc2o1. The fourth-order valence-corrected chi connectivity index (χ4v) is 3.61.